The molecule has 1 N–H and O–H groups in total. The monoisotopic (exact) mass is 315 g/mol. The average molecular weight is 315 g/mol. The molecule has 0 unspecified atom stereocenters. The lowest BCUT2D eigenvalue weighted by Gasteiger charge is -2.15. The van der Waals surface area contributed by atoms with E-state index in [9.17, 15) is 0 Å². The molecule has 0 spiro atoms. The molecule has 0 aliphatic heterocycles. The fraction of sp³-hybridized carbons (Fsp3) is 0.190. The first-order valence-electron chi connectivity index (χ1n) is 8.33. The summed E-state index contributed by atoms with van der Waals surface area (Å²) in [4.78, 5) is 7.17. The van der Waals surface area contributed by atoms with E-state index in [0.29, 0.717) is 0 Å². The first-order valence-corrected chi connectivity index (χ1v) is 8.33. The highest BCUT2D eigenvalue weighted by Crippen LogP contribution is 2.33. The third-order valence-electron chi connectivity index (χ3n) is 4.45. The van der Waals surface area contributed by atoms with Crippen LogP contribution in [0.5, 0.6) is 0 Å². The molecule has 0 saturated heterocycles. The van der Waals surface area contributed by atoms with Gasteiger partial charge in [-0.1, -0.05) is 60.7 Å². The molecule has 3 aromatic carbocycles. The molecule has 0 radical (unpaired) electrons. The third kappa shape index (κ3) is 2.57. The van der Waals surface area contributed by atoms with Crippen LogP contribution in [0.3, 0.4) is 0 Å². The molecule has 4 aromatic rings. The van der Waals surface area contributed by atoms with Gasteiger partial charge in [-0.25, -0.2) is 4.98 Å². The van der Waals surface area contributed by atoms with Crippen LogP contribution in [0.25, 0.3) is 32.4 Å². The van der Waals surface area contributed by atoms with Gasteiger partial charge in [0.15, 0.2) is 0 Å². The molecule has 1 aromatic heterocycles. The summed E-state index contributed by atoms with van der Waals surface area (Å²) in [5, 5.41) is 9.60. The molecular formula is C21H21N3. The number of anilines is 1. The minimum Gasteiger partial charge on any atom is -0.368 e. The highest BCUT2D eigenvalue weighted by atomic mass is 15.1. The first kappa shape index (κ1) is 14.9. The second-order valence-electron chi connectivity index (χ2n) is 6.42. The molecule has 3 heteroatoms. The standard InChI is InChI=1S/C21H21N3/c1-24(2)14-13-22-21-19-10-6-5-9-17(19)18-12-11-15-7-3-4-8-16(15)20(18)23-21/h3-12H,13-14H2,1-2H3,(H,22,23). The fourth-order valence-corrected chi connectivity index (χ4v) is 3.22. The average Bonchev–Trinajstić information content (AvgIpc) is 2.61. The van der Waals surface area contributed by atoms with Gasteiger partial charge >= 0.3 is 0 Å². The van der Waals surface area contributed by atoms with Crippen molar-refractivity contribution in [3.63, 3.8) is 0 Å². The van der Waals surface area contributed by atoms with E-state index in [1.807, 2.05) is 0 Å². The van der Waals surface area contributed by atoms with Crippen LogP contribution in [0.15, 0.2) is 60.7 Å². The fourth-order valence-electron chi connectivity index (χ4n) is 3.22. The van der Waals surface area contributed by atoms with Crippen molar-refractivity contribution in [2.75, 3.05) is 32.5 Å². The van der Waals surface area contributed by atoms with Gasteiger partial charge < -0.3 is 10.2 Å². The Kier molecular flexibility index (Phi) is 3.79. The summed E-state index contributed by atoms with van der Waals surface area (Å²) >= 11 is 0. The Morgan fingerprint density at radius 2 is 1.50 bits per heavy atom. The van der Waals surface area contributed by atoms with E-state index in [2.05, 4.69) is 85.0 Å². The Bertz CT molecular complexity index is 1020. The molecule has 3 nitrogen and oxygen atoms in total. The van der Waals surface area contributed by atoms with Crippen LogP contribution < -0.4 is 5.32 Å². The number of nitrogens with one attached hydrogen (secondary N) is 1. The SMILES string of the molecule is CN(C)CCNc1nc2c3ccccc3ccc2c2ccccc12. The molecule has 120 valence electrons. The summed E-state index contributed by atoms with van der Waals surface area (Å²) in [5.41, 5.74) is 1.07. The number of hydrogen-bond donors (Lipinski definition) is 1. The smallest absolute Gasteiger partial charge is 0.134 e. The van der Waals surface area contributed by atoms with Crippen molar-refractivity contribution < 1.29 is 0 Å². The van der Waals surface area contributed by atoms with E-state index in [-0.39, 0.29) is 0 Å². The second-order valence-corrected chi connectivity index (χ2v) is 6.42. The lowest BCUT2D eigenvalue weighted by molar-refractivity contribution is 0.425. The van der Waals surface area contributed by atoms with Crippen molar-refractivity contribution in [1.29, 1.82) is 0 Å². The molecule has 24 heavy (non-hydrogen) atoms. The number of rotatable bonds is 4. The minimum atomic E-state index is 0.875. The lowest BCUT2D eigenvalue weighted by Crippen LogP contribution is -2.21. The van der Waals surface area contributed by atoms with Gasteiger partial charge in [-0.15, -0.1) is 0 Å². The van der Waals surface area contributed by atoms with Crippen molar-refractivity contribution in [3.05, 3.63) is 60.7 Å². The molecule has 0 atom stereocenters. The Hall–Kier alpha value is -2.65. The highest BCUT2D eigenvalue weighted by molar-refractivity contribution is 6.17. The van der Waals surface area contributed by atoms with E-state index in [0.717, 1.165) is 24.4 Å². The van der Waals surface area contributed by atoms with Crippen molar-refractivity contribution >= 4 is 38.3 Å². The maximum atomic E-state index is 5.00. The summed E-state index contributed by atoms with van der Waals surface area (Å²) in [6.07, 6.45) is 0. The number of likely N-dealkylation sites (N-methyl/N-ethyl adjacent to an activating group) is 1. The quantitative estimate of drug-likeness (QED) is 0.561. The molecule has 1 heterocycles. The van der Waals surface area contributed by atoms with Gasteiger partial charge in [0.1, 0.15) is 5.82 Å². The van der Waals surface area contributed by atoms with Crippen LogP contribution in [0.4, 0.5) is 5.82 Å². The summed E-state index contributed by atoms with van der Waals surface area (Å²) in [6.45, 7) is 1.85. The number of benzene rings is 3. The van der Waals surface area contributed by atoms with E-state index >= 15 is 0 Å². The summed E-state index contributed by atoms with van der Waals surface area (Å²) < 4.78 is 0. The van der Waals surface area contributed by atoms with Crippen LogP contribution in [0.2, 0.25) is 0 Å². The van der Waals surface area contributed by atoms with Gasteiger partial charge in [-0.2, -0.15) is 0 Å². The predicted molar refractivity (Wildman–Crippen MR) is 104 cm³/mol. The van der Waals surface area contributed by atoms with Gasteiger partial charge in [0.2, 0.25) is 0 Å². The summed E-state index contributed by atoms with van der Waals surface area (Å²) in [7, 11) is 4.17. The van der Waals surface area contributed by atoms with E-state index in [1.165, 1.54) is 26.9 Å². The molecule has 0 aliphatic carbocycles. The number of pyridine rings is 1. The molecule has 0 fully saturated rings. The van der Waals surface area contributed by atoms with E-state index in [4.69, 9.17) is 4.98 Å². The van der Waals surface area contributed by atoms with Crippen molar-refractivity contribution in [2.24, 2.45) is 0 Å². The second kappa shape index (κ2) is 6.10. The van der Waals surface area contributed by atoms with Crippen molar-refractivity contribution in [3.8, 4) is 0 Å². The van der Waals surface area contributed by atoms with Gasteiger partial charge in [0, 0.05) is 29.2 Å². The maximum Gasteiger partial charge on any atom is 0.134 e. The van der Waals surface area contributed by atoms with Crippen LogP contribution in [0, 0.1) is 0 Å². The van der Waals surface area contributed by atoms with Gasteiger partial charge in [0.25, 0.3) is 0 Å². The Morgan fingerprint density at radius 3 is 2.29 bits per heavy atom. The normalized spacial score (nSPS) is 11.6. The summed E-state index contributed by atoms with van der Waals surface area (Å²) in [6, 6.07) is 21.3. The zero-order valence-corrected chi connectivity index (χ0v) is 14.1. The van der Waals surface area contributed by atoms with Crippen LogP contribution in [-0.2, 0) is 0 Å². The Labute approximate surface area is 141 Å². The minimum absolute atomic E-state index is 0.875. The molecule has 4 rings (SSSR count). The number of hydrogen-bond acceptors (Lipinski definition) is 3. The maximum absolute atomic E-state index is 5.00. The number of aromatic nitrogens is 1. The van der Waals surface area contributed by atoms with Gasteiger partial charge in [-0.3, -0.25) is 0 Å². The van der Waals surface area contributed by atoms with E-state index in [1.54, 1.807) is 0 Å². The topological polar surface area (TPSA) is 28.2 Å². The van der Waals surface area contributed by atoms with Crippen molar-refractivity contribution in [2.45, 2.75) is 0 Å². The predicted octanol–water partition coefficient (Wildman–Crippen LogP) is 4.51. The molecule has 0 bridgehead atoms. The van der Waals surface area contributed by atoms with Gasteiger partial charge in [-0.05, 0) is 24.9 Å². The highest BCUT2D eigenvalue weighted by Gasteiger charge is 2.10. The number of nitrogens with zero attached hydrogens (tertiary/aromatic N) is 2. The molecule has 0 saturated carbocycles. The largest absolute Gasteiger partial charge is 0.368 e. The Balaban J connectivity index is 1.97. The lowest BCUT2D eigenvalue weighted by atomic mass is 10.0. The first-order chi connectivity index (χ1) is 11.7. The van der Waals surface area contributed by atoms with Crippen molar-refractivity contribution in [1.82, 2.24) is 9.88 Å². The van der Waals surface area contributed by atoms with Crippen LogP contribution in [-0.4, -0.2) is 37.1 Å². The zero-order chi connectivity index (χ0) is 16.5. The van der Waals surface area contributed by atoms with Gasteiger partial charge in [0.05, 0.1) is 5.52 Å². The summed E-state index contributed by atoms with van der Waals surface area (Å²) in [5.74, 6) is 0.969. The molecule has 0 amide bonds. The third-order valence-corrected chi connectivity index (χ3v) is 4.45. The molecular weight excluding hydrogens is 294 g/mol. The van der Waals surface area contributed by atoms with E-state index < -0.39 is 0 Å². The van der Waals surface area contributed by atoms with Crippen LogP contribution >= 0.6 is 0 Å². The Morgan fingerprint density at radius 1 is 0.792 bits per heavy atom. The van der Waals surface area contributed by atoms with Crippen LogP contribution in [0.1, 0.15) is 0 Å². The number of fused-ring (bicyclic) bond motifs is 5. The molecule has 0 aliphatic rings. The zero-order valence-electron chi connectivity index (χ0n) is 14.1.